The van der Waals surface area contributed by atoms with Gasteiger partial charge < -0.3 is 14.4 Å². The Hall–Kier alpha value is -0.370. The Kier molecular flexibility index (Phi) is 7.06. The standard InChI is InChI=1S/C15H23IN2O2/c1-17-6-8-18(9-7-17)10-11-19-12-13-20-15-5-3-2-4-14(15)16/h2-5H,6-13H2,1H3. The van der Waals surface area contributed by atoms with E-state index in [-0.39, 0.29) is 0 Å². The summed E-state index contributed by atoms with van der Waals surface area (Å²) in [5, 5.41) is 0. The van der Waals surface area contributed by atoms with E-state index in [9.17, 15) is 0 Å². The molecule has 2 rings (SSSR count). The van der Waals surface area contributed by atoms with Gasteiger partial charge in [0.25, 0.3) is 0 Å². The molecule has 0 bridgehead atoms. The third kappa shape index (κ3) is 5.55. The molecule has 0 spiro atoms. The summed E-state index contributed by atoms with van der Waals surface area (Å²) in [6.45, 7) is 7.71. The summed E-state index contributed by atoms with van der Waals surface area (Å²) < 4.78 is 12.5. The third-order valence-corrected chi connectivity index (χ3v) is 4.36. The van der Waals surface area contributed by atoms with E-state index in [1.165, 1.54) is 0 Å². The number of nitrogens with zero attached hydrogens (tertiary/aromatic N) is 2. The van der Waals surface area contributed by atoms with Crippen molar-refractivity contribution in [3.63, 3.8) is 0 Å². The van der Waals surface area contributed by atoms with Crippen LogP contribution >= 0.6 is 22.6 Å². The van der Waals surface area contributed by atoms with Crippen molar-refractivity contribution in [3.05, 3.63) is 27.8 Å². The number of rotatable bonds is 7. The van der Waals surface area contributed by atoms with E-state index < -0.39 is 0 Å². The molecule has 1 aromatic rings. The maximum absolute atomic E-state index is 5.69. The summed E-state index contributed by atoms with van der Waals surface area (Å²) >= 11 is 2.28. The van der Waals surface area contributed by atoms with Gasteiger partial charge in [0.2, 0.25) is 0 Å². The summed E-state index contributed by atoms with van der Waals surface area (Å²) in [4.78, 5) is 4.83. The molecular formula is C15H23IN2O2. The van der Waals surface area contributed by atoms with Crippen molar-refractivity contribution in [2.75, 3.05) is 59.6 Å². The first kappa shape index (κ1) is 16.0. The lowest BCUT2D eigenvalue weighted by Gasteiger charge is -2.32. The summed E-state index contributed by atoms with van der Waals surface area (Å²) in [5.41, 5.74) is 0. The second kappa shape index (κ2) is 8.81. The van der Waals surface area contributed by atoms with Gasteiger partial charge in [-0.25, -0.2) is 0 Å². The van der Waals surface area contributed by atoms with Crippen LogP contribution in [-0.2, 0) is 4.74 Å². The molecule has 0 N–H and O–H groups in total. The predicted octanol–water partition coefficient (Wildman–Crippen LogP) is 1.93. The zero-order chi connectivity index (χ0) is 14.2. The fourth-order valence-corrected chi connectivity index (χ4v) is 2.68. The Balaban J connectivity index is 1.51. The van der Waals surface area contributed by atoms with Gasteiger partial charge in [-0.05, 0) is 41.8 Å². The molecule has 0 saturated carbocycles. The van der Waals surface area contributed by atoms with Crippen LogP contribution < -0.4 is 4.74 Å². The van der Waals surface area contributed by atoms with E-state index in [4.69, 9.17) is 9.47 Å². The van der Waals surface area contributed by atoms with Crippen molar-refractivity contribution >= 4 is 22.6 Å². The van der Waals surface area contributed by atoms with E-state index in [0.29, 0.717) is 13.2 Å². The number of halogens is 1. The SMILES string of the molecule is CN1CCN(CCOCCOc2ccccc2I)CC1. The fourth-order valence-electron chi connectivity index (χ4n) is 2.14. The van der Waals surface area contributed by atoms with Crippen molar-refractivity contribution < 1.29 is 9.47 Å². The predicted molar refractivity (Wildman–Crippen MR) is 89.4 cm³/mol. The molecule has 0 amide bonds. The fraction of sp³-hybridized carbons (Fsp3) is 0.600. The Morgan fingerprint density at radius 3 is 2.55 bits per heavy atom. The van der Waals surface area contributed by atoms with Crippen LogP contribution in [0.2, 0.25) is 0 Å². The molecule has 1 heterocycles. The molecule has 0 unspecified atom stereocenters. The number of ether oxygens (including phenoxy) is 2. The maximum atomic E-state index is 5.69. The number of piperazine rings is 1. The van der Waals surface area contributed by atoms with E-state index >= 15 is 0 Å². The van der Waals surface area contributed by atoms with Gasteiger partial charge in [0.05, 0.1) is 16.8 Å². The summed E-state index contributed by atoms with van der Waals surface area (Å²) in [7, 11) is 2.18. The minimum atomic E-state index is 0.614. The molecule has 0 aromatic heterocycles. The number of benzene rings is 1. The maximum Gasteiger partial charge on any atom is 0.132 e. The number of para-hydroxylation sites is 1. The normalized spacial score (nSPS) is 17.3. The topological polar surface area (TPSA) is 24.9 Å². The number of hydrogen-bond donors (Lipinski definition) is 0. The molecular weight excluding hydrogens is 367 g/mol. The molecule has 1 aliphatic rings. The minimum absolute atomic E-state index is 0.614. The summed E-state index contributed by atoms with van der Waals surface area (Å²) in [6.07, 6.45) is 0. The first-order valence-corrected chi connectivity index (χ1v) is 8.19. The Labute approximate surface area is 135 Å². The molecule has 1 saturated heterocycles. The van der Waals surface area contributed by atoms with E-state index in [0.717, 1.165) is 48.7 Å². The highest BCUT2D eigenvalue weighted by molar-refractivity contribution is 14.1. The van der Waals surface area contributed by atoms with E-state index in [1.54, 1.807) is 0 Å². The summed E-state index contributed by atoms with van der Waals surface area (Å²) in [5.74, 6) is 0.941. The van der Waals surface area contributed by atoms with Crippen molar-refractivity contribution in [1.29, 1.82) is 0 Å². The average Bonchev–Trinajstić information content (AvgIpc) is 2.46. The first-order valence-electron chi connectivity index (χ1n) is 7.11. The quantitative estimate of drug-likeness (QED) is 0.525. The van der Waals surface area contributed by atoms with E-state index in [1.807, 2.05) is 24.3 Å². The van der Waals surface area contributed by atoms with Crippen LogP contribution in [-0.4, -0.2) is 69.4 Å². The van der Waals surface area contributed by atoms with Crippen molar-refractivity contribution in [3.8, 4) is 5.75 Å². The number of likely N-dealkylation sites (N-methyl/N-ethyl adjacent to an activating group) is 1. The highest BCUT2D eigenvalue weighted by atomic mass is 127. The average molecular weight is 390 g/mol. The van der Waals surface area contributed by atoms with Gasteiger partial charge >= 0.3 is 0 Å². The van der Waals surface area contributed by atoms with Gasteiger partial charge in [0, 0.05) is 32.7 Å². The van der Waals surface area contributed by atoms with Gasteiger partial charge in [0.15, 0.2) is 0 Å². The molecule has 1 aromatic carbocycles. The molecule has 20 heavy (non-hydrogen) atoms. The largest absolute Gasteiger partial charge is 0.490 e. The van der Waals surface area contributed by atoms with Crippen molar-refractivity contribution in [2.24, 2.45) is 0 Å². The number of hydrogen-bond acceptors (Lipinski definition) is 4. The van der Waals surface area contributed by atoms with Gasteiger partial charge in [-0.15, -0.1) is 0 Å². The molecule has 112 valence electrons. The second-order valence-corrected chi connectivity index (χ2v) is 6.20. The molecule has 5 heteroatoms. The van der Waals surface area contributed by atoms with E-state index in [2.05, 4.69) is 39.4 Å². The lowest BCUT2D eigenvalue weighted by atomic mass is 10.3. The monoisotopic (exact) mass is 390 g/mol. The van der Waals surface area contributed by atoms with Gasteiger partial charge in [-0.2, -0.15) is 0 Å². The van der Waals surface area contributed by atoms with Crippen molar-refractivity contribution in [1.82, 2.24) is 9.80 Å². The zero-order valence-electron chi connectivity index (χ0n) is 12.1. The molecule has 1 fully saturated rings. The highest BCUT2D eigenvalue weighted by Crippen LogP contribution is 2.19. The van der Waals surface area contributed by atoms with Crippen LogP contribution in [0.25, 0.3) is 0 Å². The molecule has 4 nitrogen and oxygen atoms in total. The van der Waals surface area contributed by atoms with Crippen LogP contribution in [0.3, 0.4) is 0 Å². The Morgan fingerprint density at radius 1 is 1.05 bits per heavy atom. The lowest BCUT2D eigenvalue weighted by Crippen LogP contribution is -2.45. The van der Waals surface area contributed by atoms with Crippen LogP contribution in [0.1, 0.15) is 0 Å². The van der Waals surface area contributed by atoms with Gasteiger partial charge in [0.1, 0.15) is 12.4 Å². The molecule has 0 aliphatic carbocycles. The van der Waals surface area contributed by atoms with Crippen LogP contribution in [0.15, 0.2) is 24.3 Å². The Bertz CT molecular complexity index is 395. The molecule has 0 atom stereocenters. The van der Waals surface area contributed by atoms with Gasteiger partial charge in [-0.3, -0.25) is 4.90 Å². The Morgan fingerprint density at radius 2 is 1.80 bits per heavy atom. The first-order chi connectivity index (χ1) is 9.75. The zero-order valence-corrected chi connectivity index (χ0v) is 14.2. The van der Waals surface area contributed by atoms with Crippen molar-refractivity contribution in [2.45, 2.75) is 0 Å². The van der Waals surface area contributed by atoms with Crippen LogP contribution in [0.4, 0.5) is 0 Å². The second-order valence-electron chi connectivity index (χ2n) is 5.04. The van der Waals surface area contributed by atoms with Gasteiger partial charge in [-0.1, -0.05) is 12.1 Å². The summed E-state index contributed by atoms with van der Waals surface area (Å²) in [6, 6.07) is 8.04. The third-order valence-electron chi connectivity index (χ3n) is 3.47. The van der Waals surface area contributed by atoms with Crippen LogP contribution in [0, 0.1) is 3.57 Å². The smallest absolute Gasteiger partial charge is 0.132 e. The molecule has 1 aliphatic heterocycles. The minimum Gasteiger partial charge on any atom is -0.490 e. The van der Waals surface area contributed by atoms with Crippen LogP contribution in [0.5, 0.6) is 5.75 Å². The highest BCUT2D eigenvalue weighted by Gasteiger charge is 2.12. The lowest BCUT2D eigenvalue weighted by molar-refractivity contribution is 0.0656. The molecule has 0 radical (unpaired) electrons.